The van der Waals surface area contributed by atoms with Gasteiger partial charge in [0.1, 0.15) is 12.3 Å². The van der Waals surface area contributed by atoms with Gasteiger partial charge in [0.25, 0.3) is 5.91 Å². The summed E-state index contributed by atoms with van der Waals surface area (Å²) < 4.78 is 10.9. The molecule has 0 N–H and O–H groups in total. The third-order valence-electron chi connectivity index (χ3n) is 4.27. The Morgan fingerprint density at radius 3 is 2.85 bits per heavy atom. The summed E-state index contributed by atoms with van der Waals surface area (Å²) in [7, 11) is 0. The number of carbonyl (C=O) groups excluding carboxylic acids is 1. The predicted octanol–water partition coefficient (Wildman–Crippen LogP) is 4.02. The Labute approximate surface area is 155 Å². The fraction of sp³-hybridized carbons (Fsp3) is 0.316. The highest BCUT2D eigenvalue weighted by molar-refractivity contribution is 7.13. The van der Waals surface area contributed by atoms with Crippen LogP contribution in [0.25, 0.3) is 10.7 Å². The molecular formula is C19H19N3O3S. The molecule has 0 fully saturated rings. The summed E-state index contributed by atoms with van der Waals surface area (Å²) in [6.45, 7) is 6.64. The molecule has 2 aromatic heterocycles. The van der Waals surface area contributed by atoms with Gasteiger partial charge < -0.3 is 9.26 Å². The molecule has 4 rings (SSSR count). The lowest BCUT2D eigenvalue weighted by atomic mass is 9.86. The van der Waals surface area contributed by atoms with E-state index in [0.29, 0.717) is 17.5 Å². The van der Waals surface area contributed by atoms with Crippen LogP contribution < -0.4 is 9.64 Å². The number of amides is 1. The SMILES string of the molecule is CC(C)(C)c1ccc2c(c1)N(Cc1nc(-c3cccs3)no1)C(=O)CO2. The summed E-state index contributed by atoms with van der Waals surface area (Å²) in [5.41, 5.74) is 1.84. The number of thiophene rings is 1. The maximum absolute atomic E-state index is 12.5. The summed E-state index contributed by atoms with van der Waals surface area (Å²) >= 11 is 1.54. The number of fused-ring (bicyclic) bond motifs is 1. The Kier molecular flexibility index (Phi) is 4.03. The second-order valence-electron chi connectivity index (χ2n) is 7.19. The zero-order valence-electron chi connectivity index (χ0n) is 14.9. The lowest BCUT2D eigenvalue weighted by Crippen LogP contribution is -2.38. The molecule has 0 bridgehead atoms. The average Bonchev–Trinajstić information content (AvgIpc) is 3.27. The molecule has 0 unspecified atom stereocenters. The van der Waals surface area contributed by atoms with Gasteiger partial charge in [-0.2, -0.15) is 4.98 Å². The molecule has 7 heteroatoms. The number of carbonyl (C=O) groups is 1. The van der Waals surface area contributed by atoms with Gasteiger partial charge in [-0.3, -0.25) is 9.69 Å². The van der Waals surface area contributed by atoms with Gasteiger partial charge in [0, 0.05) is 0 Å². The van der Waals surface area contributed by atoms with Crippen LogP contribution in [0.5, 0.6) is 5.75 Å². The predicted molar refractivity (Wildman–Crippen MR) is 99.4 cm³/mol. The van der Waals surface area contributed by atoms with E-state index in [9.17, 15) is 4.79 Å². The smallest absolute Gasteiger partial charge is 0.265 e. The van der Waals surface area contributed by atoms with Crippen molar-refractivity contribution < 1.29 is 14.1 Å². The quantitative estimate of drug-likeness (QED) is 0.697. The number of aromatic nitrogens is 2. The van der Waals surface area contributed by atoms with Crippen LogP contribution in [0, 0.1) is 0 Å². The molecule has 0 radical (unpaired) electrons. The van der Waals surface area contributed by atoms with Gasteiger partial charge in [-0.15, -0.1) is 11.3 Å². The number of nitrogens with zero attached hydrogens (tertiary/aromatic N) is 3. The maximum Gasteiger partial charge on any atom is 0.265 e. The summed E-state index contributed by atoms with van der Waals surface area (Å²) in [5.74, 6) is 1.50. The lowest BCUT2D eigenvalue weighted by molar-refractivity contribution is -0.121. The third kappa shape index (κ3) is 3.10. The Morgan fingerprint density at radius 2 is 2.12 bits per heavy atom. The summed E-state index contributed by atoms with van der Waals surface area (Å²) in [6.07, 6.45) is 0. The zero-order chi connectivity index (χ0) is 18.3. The van der Waals surface area contributed by atoms with Crippen LogP contribution >= 0.6 is 11.3 Å². The number of benzene rings is 1. The highest BCUT2D eigenvalue weighted by Crippen LogP contribution is 2.37. The monoisotopic (exact) mass is 369 g/mol. The Balaban J connectivity index is 1.66. The minimum atomic E-state index is -0.126. The van der Waals surface area contributed by atoms with Crippen molar-refractivity contribution in [2.45, 2.75) is 32.7 Å². The molecule has 6 nitrogen and oxygen atoms in total. The van der Waals surface area contributed by atoms with Crippen molar-refractivity contribution in [3.63, 3.8) is 0 Å². The molecule has 3 heterocycles. The van der Waals surface area contributed by atoms with Crippen molar-refractivity contribution in [1.29, 1.82) is 0 Å². The van der Waals surface area contributed by atoms with Crippen LogP contribution in [0.3, 0.4) is 0 Å². The van der Waals surface area contributed by atoms with Crippen molar-refractivity contribution >= 4 is 22.9 Å². The number of anilines is 1. The average molecular weight is 369 g/mol. The Hall–Kier alpha value is -2.67. The fourth-order valence-corrected chi connectivity index (χ4v) is 3.45. The molecular weight excluding hydrogens is 350 g/mol. The summed E-state index contributed by atoms with van der Waals surface area (Å²) in [4.78, 5) is 19.5. The first-order valence-corrected chi connectivity index (χ1v) is 9.24. The fourth-order valence-electron chi connectivity index (χ4n) is 2.80. The van der Waals surface area contributed by atoms with Gasteiger partial charge in [0.15, 0.2) is 6.61 Å². The summed E-state index contributed by atoms with van der Waals surface area (Å²) in [5, 5.41) is 5.98. The maximum atomic E-state index is 12.5. The van der Waals surface area contributed by atoms with E-state index < -0.39 is 0 Å². The minimum Gasteiger partial charge on any atom is -0.482 e. The molecule has 1 aliphatic rings. The molecule has 1 aromatic carbocycles. The van der Waals surface area contributed by atoms with Gasteiger partial charge >= 0.3 is 0 Å². The molecule has 0 atom stereocenters. The molecule has 0 saturated carbocycles. The molecule has 0 spiro atoms. The first kappa shape index (κ1) is 16.8. The molecule has 3 aromatic rings. The second kappa shape index (κ2) is 6.25. The number of hydrogen-bond acceptors (Lipinski definition) is 6. The van der Waals surface area contributed by atoms with E-state index in [0.717, 1.165) is 16.1 Å². The van der Waals surface area contributed by atoms with E-state index in [1.807, 2.05) is 35.7 Å². The van der Waals surface area contributed by atoms with E-state index >= 15 is 0 Å². The van der Waals surface area contributed by atoms with E-state index in [2.05, 4.69) is 30.9 Å². The van der Waals surface area contributed by atoms with Crippen LogP contribution in [0.15, 0.2) is 40.2 Å². The molecule has 26 heavy (non-hydrogen) atoms. The number of rotatable bonds is 3. The molecule has 0 aliphatic carbocycles. The largest absolute Gasteiger partial charge is 0.482 e. The normalized spacial score (nSPS) is 14.3. The Morgan fingerprint density at radius 1 is 1.27 bits per heavy atom. The van der Waals surface area contributed by atoms with E-state index in [-0.39, 0.29) is 24.5 Å². The highest BCUT2D eigenvalue weighted by atomic mass is 32.1. The first-order valence-electron chi connectivity index (χ1n) is 8.36. The Bertz CT molecular complexity index is 941. The van der Waals surface area contributed by atoms with E-state index in [1.54, 1.807) is 16.2 Å². The van der Waals surface area contributed by atoms with Gasteiger partial charge in [0.05, 0.1) is 10.6 Å². The van der Waals surface area contributed by atoms with Crippen LogP contribution in [-0.2, 0) is 16.8 Å². The number of hydrogen-bond donors (Lipinski definition) is 0. The third-order valence-corrected chi connectivity index (χ3v) is 5.14. The molecule has 1 aliphatic heterocycles. The topological polar surface area (TPSA) is 68.5 Å². The van der Waals surface area contributed by atoms with Crippen molar-refractivity contribution in [2.75, 3.05) is 11.5 Å². The zero-order valence-corrected chi connectivity index (χ0v) is 15.7. The van der Waals surface area contributed by atoms with Crippen LogP contribution in [-0.4, -0.2) is 22.7 Å². The van der Waals surface area contributed by atoms with Crippen LogP contribution in [0.4, 0.5) is 5.69 Å². The van der Waals surface area contributed by atoms with Crippen molar-refractivity contribution in [1.82, 2.24) is 10.1 Å². The van der Waals surface area contributed by atoms with Gasteiger partial charge in [-0.05, 0) is 34.6 Å². The standard InChI is InChI=1S/C19H19N3O3S/c1-19(2,3)12-6-7-14-13(9-12)22(17(23)11-24-14)10-16-20-18(21-25-16)15-5-4-8-26-15/h4-9H,10-11H2,1-3H3. The molecule has 1 amide bonds. The van der Waals surface area contributed by atoms with E-state index in [1.165, 1.54) is 0 Å². The van der Waals surface area contributed by atoms with Gasteiger partial charge in [-0.25, -0.2) is 0 Å². The van der Waals surface area contributed by atoms with Crippen LogP contribution in [0.2, 0.25) is 0 Å². The van der Waals surface area contributed by atoms with Gasteiger partial charge in [0.2, 0.25) is 11.7 Å². The minimum absolute atomic E-state index is 0.00772. The van der Waals surface area contributed by atoms with Gasteiger partial charge in [-0.1, -0.05) is 38.1 Å². The summed E-state index contributed by atoms with van der Waals surface area (Å²) in [6, 6.07) is 9.83. The van der Waals surface area contributed by atoms with Crippen molar-refractivity contribution in [3.05, 3.63) is 47.2 Å². The number of ether oxygens (including phenoxy) is 1. The van der Waals surface area contributed by atoms with Crippen molar-refractivity contribution in [3.8, 4) is 16.5 Å². The molecule has 0 saturated heterocycles. The second-order valence-corrected chi connectivity index (χ2v) is 8.14. The highest BCUT2D eigenvalue weighted by Gasteiger charge is 2.29. The van der Waals surface area contributed by atoms with E-state index in [4.69, 9.17) is 9.26 Å². The van der Waals surface area contributed by atoms with Crippen molar-refractivity contribution in [2.24, 2.45) is 0 Å². The molecule has 134 valence electrons. The first-order chi connectivity index (χ1) is 12.4. The lowest BCUT2D eigenvalue weighted by Gasteiger charge is -2.30. The van der Waals surface area contributed by atoms with Crippen LogP contribution in [0.1, 0.15) is 32.2 Å².